The van der Waals surface area contributed by atoms with Gasteiger partial charge in [-0.3, -0.25) is 9.80 Å². The summed E-state index contributed by atoms with van der Waals surface area (Å²) in [4.78, 5) is 16.2. The molecule has 1 aliphatic rings. The van der Waals surface area contributed by atoms with E-state index in [0.717, 1.165) is 23.4 Å². The third-order valence-electron chi connectivity index (χ3n) is 4.97. The van der Waals surface area contributed by atoms with Crippen LogP contribution in [0.15, 0.2) is 41.3 Å². The number of thioether (sulfide) groups is 1. The first-order valence-corrected chi connectivity index (χ1v) is 10.6. The van der Waals surface area contributed by atoms with Gasteiger partial charge >= 0.3 is 12.2 Å². The summed E-state index contributed by atoms with van der Waals surface area (Å²) < 4.78 is 46.1. The maximum absolute atomic E-state index is 13.4. The van der Waals surface area contributed by atoms with Crippen molar-refractivity contribution in [2.75, 3.05) is 37.1 Å². The summed E-state index contributed by atoms with van der Waals surface area (Å²) in [6.07, 6.45) is -2.51. The number of carbonyl (C=O) groups excluding carboxylic acids is 1. The summed E-state index contributed by atoms with van der Waals surface area (Å²) in [7, 11) is 3.78. The van der Waals surface area contributed by atoms with Crippen LogP contribution in [0.4, 0.5) is 29.3 Å². The van der Waals surface area contributed by atoms with Crippen molar-refractivity contribution in [1.29, 1.82) is 0 Å². The lowest BCUT2D eigenvalue weighted by atomic mass is 10.1. The molecular weight excluding hydrogens is 415 g/mol. The van der Waals surface area contributed by atoms with Crippen molar-refractivity contribution in [3.05, 3.63) is 47.5 Å². The molecule has 0 bridgehead atoms. The Labute approximate surface area is 178 Å². The predicted octanol–water partition coefficient (Wildman–Crippen LogP) is 5.31. The van der Waals surface area contributed by atoms with Crippen LogP contribution in [0, 0.1) is 0 Å². The first-order valence-electron chi connectivity index (χ1n) is 9.40. The third kappa shape index (κ3) is 4.84. The Balaban J connectivity index is 1.81. The average molecular weight is 440 g/mol. The van der Waals surface area contributed by atoms with Crippen LogP contribution in [0.2, 0.25) is 0 Å². The van der Waals surface area contributed by atoms with Crippen molar-refractivity contribution >= 4 is 29.2 Å². The Morgan fingerprint density at radius 1 is 1.27 bits per heavy atom. The van der Waals surface area contributed by atoms with Gasteiger partial charge < -0.3 is 10.1 Å². The average Bonchev–Trinajstić information content (AvgIpc) is 3.09. The minimum absolute atomic E-state index is 0.159. The molecule has 0 aromatic heterocycles. The summed E-state index contributed by atoms with van der Waals surface area (Å²) in [5, 5.41) is 2.76. The summed E-state index contributed by atoms with van der Waals surface area (Å²) >= 11 is 1.05. The molecule has 1 heterocycles. The largest absolute Gasteiger partial charge is 0.475 e. The minimum Gasteiger partial charge on any atom is -0.475 e. The van der Waals surface area contributed by atoms with E-state index in [1.165, 1.54) is 11.0 Å². The van der Waals surface area contributed by atoms with Crippen LogP contribution in [0.3, 0.4) is 0 Å². The molecule has 30 heavy (non-hydrogen) atoms. The second-order valence-electron chi connectivity index (χ2n) is 7.22. The number of benzene rings is 2. The topological polar surface area (TPSA) is 44.8 Å². The zero-order valence-corrected chi connectivity index (χ0v) is 18.0. The van der Waals surface area contributed by atoms with Crippen LogP contribution >= 0.6 is 11.8 Å². The fraction of sp³-hybridized carbons (Fsp3) is 0.381. The smallest absolute Gasteiger partial charge is 0.417 e. The van der Waals surface area contributed by atoms with E-state index in [0.29, 0.717) is 30.1 Å². The highest BCUT2D eigenvalue weighted by Gasteiger charge is 2.36. The lowest BCUT2D eigenvalue weighted by molar-refractivity contribution is -0.139. The Morgan fingerprint density at radius 3 is 2.63 bits per heavy atom. The van der Waals surface area contributed by atoms with Crippen molar-refractivity contribution in [2.24, 2.45) is 0 Å². The standard InChI is InChI=1S/C21H24F3N3O2S/c1-13(26(2)3)29-16-7-5-6-15(11-16)25-20(28)27-9-8-14-10-19(30-4)17(12-18(14)27)21(22,23)24/h5-7,10-13H,8-9H2,1-4H3,(H,25,28). The maximum atomic E-state index is 13.4. The molecular formula is C21H24F3N3O2S. The van der Waals surface area contributed by atoms with Gasteiger partial charge in [-0.25, -0.2) is 4.79 Å². The molecule has 1 aliphatic heterocycles. The third-order valence-corrected chi connectivity index (χ3v) is 5.74. The van der Waals surface area contributed by atoms with Gasteiger partial charge in [0.2, 0.25) is 0 Å². The molecule has 0 saturated heterocycles. The fourth-order valence-electron chi connectivity index (χ4n) is 3.16. The van der Waals surface area contributed by atoms with E-state index in [4.69, 9.17) is 4.74 Å². The number of anilines is 2. The van der Waals surface area contributed by atoms with Gasteiger partial charge in [0.15, 0.2) is 0 Å². The molecule has 9 heteroatoms. The molecule has 0 radical (unpaired) electrons. The predicted molar refractivity (Wildman–Crippen MR) is 114 cm³/mol. The maximum Gasteiger partial charge on any atom is 0.417 e. The first-order chi connectivity index (χ1) is 14.1. The van der Waals surface area contributed by atoms with Crippen molar-refractivity contribution in [3.63, 3.8) is 0 Å². The van der Waals surface area contributed by atoms with Gasteiger partial charge in [0, 0.05) is 28.9 Å². The van der Waals surface area contributed by atoms with E-state index < -0.39 is 17.8 Å². The monoisotopic (exact) mass is 439 g/mol. The number of nitrogens with one attached hydrogen (secondary N) is 1. The van der Waals surface area contributed by atoms with Gasteiger partial charge in [0.1, 0.15) is 12.0 Å². The number of halogens is 3. The normalized spacial score (nSPS) is 14.6. The van der Waals surface area contributed by atoms with Crippen LogP contribution in [-0.2, 0) is 12.6 Å². The van der Waals surface area contributed by atoms with E-state index in [9.17, 15) is 18.0 Å². The van der Waals surface area contributed by atoms with E-state index in [1.807, 2.05) is 25.9 Å². The lowest BCUT2D eigenvalue weighted by Gasteiger charge is -2.22. The van der Waals surface area contributed by atoms with E-state index >= 15 is 0 Å². The molecule has 2 aromatic rings. The molecule has 1 atom stereocenters. The number of hydrogen-bond acceptors (Lipinski definition) is 4. The quantitative estimate of drug-likeness (QED) is 0.507. The molecule has 1 N–H and O–H groups in total. The van der Waals surface area contributed by atoms with E-state index in [2.05, 4.69) is 5.32 Å². The van der Waals surface area contributed by atoms with Crippen LogP contribution < -0.4 is 15.0 Å². The van der Waals surface area contributed by atoms with Gasteiger partial charge in [-0.15, -0.1) is 11.8 Å². The number of rotatable bonds is 5. The highest BCUT2D eigenvalue weighted by molar-refractivity contribution is 7.98. The number of alkyl halides is 3. The molecule has 0 saturated carbocycles. The number of amides is 2. The summed E-state index contributed by atoms with van der Waals surface area (Å²) in [6, 6.07) is 9.06. The first kappa shape index (κ1) is 22.3. The molecule has 2 amide bonds. The van der Waals surface area contributed by atoms with Crippen LogP contribution in [0.5, 0.6) is 5.75 Å². The van der Waals surface area contributed by atoms with Crippen LogP contribution in [-0.4, -0.2) is 44.1 Å². The number of nitrogens with zero attached hydrogens (tertiary/aromatic N) is 2. The highest BCUT2D eigenvalue weighted by Crippen LogP contribution is 2.42. The van der Waals surface area contributed by atoms with Crippen molar-refractivity contribution in [1.82, 2.24) is 4.90 Å². The number of ether oxygens (including phenoxy) is 1. The summed E-state index contributed by atoms with van der Waals surface area (Å²) in [5.74, 6) is 0.583. The molecule has 3 rings (SSSR count). The zero-order chi connectivity index (χ0) is 22.1. The summed E-state index contributed by atoms with van der Waals surface area (Å²) in [5.41, 5.74) is 0.820. The van der Waals surface area contributed by atoms with Gasteiger partial charge in [0.25, 0.3) is 0 Å². The van der Waals surface area contributed by atoms with Gasteiger partial charge in [-0.2, -0.15) is 13.2 Å². The second kappa shape index (κ2) is 8.77. The Hall–Kier alpha value is -2.39. The Bertz CT molecular complexity index is 934. The number of fused-ring (bicyclic) bond motifs is 1. The molecule has 0 spiro atoms. The number of urea groups is 1. The molecule has 2 aromatic carbocycles. The fourth-order valence-corrected chi connectivity index (χ4v) is 3.81. The van der Waals surface area contributed by atoms with E-state index in [1.54, 1.807) is 30.5 Å². The van der Waals surface area contributed by atoms with Crippen molar-refractivity contribution < 1.29 is 22.7 Å². The highest BCUT2D eigenvalue weighted by atomic mass is 32.2. The number of hydrogen-bond donors (Lipinski definition) is 1. The van der Waals surface area contributed by atoms with Gasteiger partial charge in [0.05, 0.1) is 5.56 Å². The summed E-state index contributed by atoms with van der Waals surface area (Å²) in [6.45, 7) is 2.22. The molecule has 0 aliphatic carbocycles. The van der Waals surface area contributed by atoms with Crippen LogP contribution in [0.25, 0.3) is 0 Å². The number of carbonyl (C=O) groups is 1. The van der Waals surface area contributed by atoms with Crippen molar-refractivity contribution in [3.8, 4) is 5.75 Å². The van der Waals surface area contributed by atoms with Crippen LogP contribution in [0.1, 0.15) is 18.1 Å². The molecule has 5 nitrogen and oxygen atoms in total. The Morgan fingerprint density at radius 2 is 2.00 bits per heavy atom. The SMILES string of the molecule is CSc1cc2c(cc1C(F)(F)F)N(C(=O)Nc1cccc(OC(C)N(C)C)c1)CC2. The minimum atomic E-state index is -4.48. The molecule has 162 valence electrons. The second-order valence-corrected chi connectivity index (χ2v) is 8.07. The molecule has 1 unspecified atom stereocenters. The van der Waals surface area contributed by atoms with Gasteiger partial charge in [-0.1, -0.05) is 6.07 Å². The Kier molecular flexibility index (Phi) is 6.52. The van der Waals surface area contributed by atoms with Gasteiger partial charge in [-0.05, 0) is 63.5 Å². The zero-order valence-electron chi connectivity index (χ0n) is 17.2. The van der Waals surface area contributed by atoms with Crippen molar-refractivity contribution in [2.45, 2.75) is 30.6 Å². The molecule has 0 fully saturated rings. The van der Waals surface area contributed by atoms with E-state index in [-0.39, 0.29) is 11.1 Å². The lowest BCUT2D eigenvalue weighted by Crippen LogP contribution is -2.33.